The van der Waals surface area contributed by atoms with Gasteiger partial charge in [-0.25, -0.2) is 4.39 Å². The molecule has 0 aliphatic carbocycles. The van der Waals surface area contributed by atoms with Crippen LogP contribution in [0.1, 0.15) is 19.4 Å². The van der Waals surface area contributed by atoms with Crippen LogP contribution in [-0.2, 0) is 6.42 Å². The largest absolute Gasteiger partial charge is 0.462 e. The summed E-state index contributed by atoms with van der Waals surface area (Å²) in [4.78, 5) is 0. The molecular formula is C17H16F2O. The molecule has 2 aromatic rings. The van der Waals surface area contributed by atoms with Crippen LogP contribution in [0, 0.1) is 11.6 Å². The predicted molar refractivity (Wildman–Crippen MR) is 76.6 cm³/mol. The number of allylic oxidation sites excluding steroid dienone is 1. The molecule has 0 saturated heterocycles. The molecule has 20 heavy (non-hydrogen) atoms. The number of ether oxygens (including phenoxy) is 1. The lowest BCUT2D eigenvalue weighted by atomic mass is 10.0. The summed E-state index contributed by atoms with van der Waals surface area (Å²) >= 11 is 0. The van der Waals surface area contributed by atoms with Gasteiger partial charge in [0, 0.05) is 5.56 Å². The van der Waals surface area contributed by atoms with E-state index in [1.54, 1.807) is 25.1 Å². The van der Waals surface area contributed by atoms with Gasteiger partial charge in [-0.15, -0.1) is 0 Å². The topological polar surface area (TPSA) is 9.23 Å². The van der Waals surface area contributed by atoms with Crippen LogP contribution < -0.4 is 4.74 Å². The zero-order chi connectivity index (χ0) is 14.5. The molecule has 0 saturated carbocycles. The molecule has 0 radical (unpaired) electrons. The van der Waals surface area contributed by atoms with Crippen molar-refractivity contribution >= 4 is 0 Å². The average molecular weight is 274 g/mol. The molecule has 0 bridgehead atoms. The van der Waals surface area contributed by atoms with Gasteiger partial charge in [-0.2, -0.15) is 4.39 Å². The van der Waals surface area contributed by atoms with Crippen LogP contribution in [0.15, 0.2) is 48.7 Å². The molecule has 0 aliphatic heterocycles. The fraction of sp³-hybridized carbons (Fsp3) is 0.176. The minimum atomic E-state index is -0.972. The van der Waals surface area contributed by atoms with Gasteiger partial charge in [0.2, 0.25) is 5.82 Å². The zero-order valence-electron chi connectivity index (χ0n) is 11.5. The second-order valence-corrected chi connectivity index (χ2v) is 4.38. The van der Waals surface area contributed by atoms with E-state index in [4.69, 9.17) is 4.74 Å². The lowest BCUT2D eigenvalue weighted by Gasteiger charge is -2.08. The van der Waals surface area contributed by atoms with E-state index >= 15 is 0 Å². The molecule has 2 aromatic carbocycles. The van der Waals surface area contributed by atoms with E-state index in [1.807, 2.05) is 19.1 Å². The summed E-state index contributed by atoms with van der Waals surface area (Å²) in [7, 11) is 0. The molecule has 0 spiro atoms. The third-order valence-corrected chi connectivity index (χ3v) is 3.05. The molecule has 0 atom stereocenters. The molecule has 1 nitrogen and oxygen atoms in total. The third-order valence-electron chi connectivity index (χ3n) is 3.05. The first-order chi connectivity index (χ1) is 9.67. The van der Waals surface area contributed by atoms with Gasteiger partial charge >= 0.3 is 0 Å². The van der Waals surface area contributed by atoms with Crippen molar-refractivity contribution in [2.75, 3.05) is 0 Å². The first kappa shape index (κ1) is 14.3. The number of halogens is 2. The minimum absolute atomic E-state index is 0.116. The number of aryl methyl sites for hydroxylation is 1. The van der Waals surface area contributed by atoms with Gasteiger partial charge in [0.1, 0.15) is 0 Å². The Kier molecular flexibility index (Phi) is 4.51. The van der Waals surface area contributed by atoms with Crippen LogP contribution in [0.5, 0.6) is 5.75 Å². The van der Waals surface area contributed by atoms with Gasteiger partial charge in [0.25, 0.3) is 0 Å². The predicted octanol–water partition coefficient (Wildman–Crippen LogP) is 5.11. The van der Waals surface area contributed by atoms with Gasteiger partial charge in [-0.3, -0.25) is 0 Å². The van der Waals surface area contributed by atoms with Crippen LogP contribution in [-0.4, -0.2) is 0 Å². The minimum Gasteiger partial charge on any atom is -0.462 e. The summed E-state index contributed by atoms with van der Waals surface area (Å²) < 4.78 is 33.0. The van der Waals surface area contributed by atoms with Gasteiger partial charge < -0.3 is 4.74 Å². The van der Waals surface area contributed by atoms with Crippen LogP contribution in [0.2, 0.25) is 0 Å². The molecule has 0 aromatic heterocycles. The first-order valence-electron chi connectivity index (χ1n) is 6.52. The normalized spacial score (nSPS) is 11.0. The van der Waals surface area contributed by atoms with E-state index in [-0.39, 0.29) is 11.3 Å². The maximum Gasteiger partial charge on any atom is 0.201 e. The number of benzene rings is 2. The molecule has 0 aliphatic rings. The van der Waals surface area contributed by atoms with E-state index in [9.17, 15) is 8.78 Å². The van der Waals surface area contributed by atoms with Crippen LogP contribution in [0.25, 0.3) is 11.1 Å². The van der Waals surface area contributed by atoms with E-state index in [0.717, 1.165) is 12.0 Å². The Hall–Kier alpha value is -2.16. The van der Waals surface area contributed by atoms with Crippen molar-refractivity contribution in [2.24, 2.45) is 0 Å². The molecule has 0 N–H and O–H groups in total. The van der Waals surface area contributed by atoms with Gasteiger partial charge in [-0.05, 0) is 36.6 Å². The maximum absolute atomic E-state index is 14.1. The van der Waals surface area contributed by atoms with Crippen molar-refractivity contribution in [1.29, 1.82) is 0 Å². The summed E-state index contributed by atoms with van der Waals surface area (Å²) in [5, 5.41) is 0. The molecule has 104 valence electrons. The van der Waals surface area contributed by atoms with Crippen molar-refractivity contribution in [2.45, 2.75) is 20.3 Å². The zero-order valence-corrected chi connectivity index (χ0v) is 11.5. The Morgan fingerprint density at radius 2 is 1.70 bits per heavy atom. The second-order valence-electron chi connectivity index (χ2n) is 4.38. The van der Waals surface area contributed by atoms with Gasteiger partial charge in [0.15, 0.2) is 11.6 Å². The molecule has 0 unspecified atom stereocenters. The van der Waals surface area contributed by atoms with E-state index in [2.05, 4.69) is 0 Å². The van der Waals surface area contributed by atoms with Crippen LogP contribution in [0.3, 0.4) is 0 Å². The fourth-order valence-electron chi connectivity index (χ4n) is 1.91. The van der Waals surface area contributed by atoms with Crippen molar-refractivity contribution in [3.8, 4) is 16.9 Å². The number of hydrogen-bond acceptors (Lipinski definition) is 1. The monoisotopic (exact) mass is 274 g/mol. The highest BCUT2D eigenvalue weighted by atomic mass is 19.2. The fourth-order valence-corrected chi connectivity index (χ4v) is 1.91. The molecule has 0 amide bonds. The Labute approximate surface area is 117 Å². The summed E-state index contributed by atoms with van der Waals surface area (Å²) in [6.07, 6.45) is 3.83. The molecular weight excluding hydrogens is 258 g/mol. The highest BCUT2D eigenvalue weighted by Crippen LogP contribution is 2.30. The molecule has 0 fully saturated rings. The summed E-state index contributed by atoms with van der Waals surface area (Å²) in [6, 6.07) is 10.4. The molecule has 3 heteroatoms. The van der Waals surface area contributed by atoms with Crippen LogP contribution in [0.4, 0.5) is 8.78 Å². The van der Waals surface area contributed by atoms with E-state index in [0.29, 0.717) is 5.56 Å². The first-order valence-corrected chi connectivity index (χ1v) is 6.52. The van der Waals surface area contributed by atoms with Crippen molar-refractivity contribution in [3.63, 3.8) is 0 Å². The Balaban J connectivity index is 2.39. The SMILES string of the molecule is CC=COc1ccc(-c2ccc(CC)cc2)c(F)c1F. The lowest BCUT2D eigenvalue weighted by molar-refractivity contribution is 0.415. The van der Waals surface area contributed by atoms with E-state index in [1.165, 1.54) is 18.4 Å². The number of rotatable bonds is 4. The van der Waals surface area contributed by atoms with Gasteiger partial charge in [-0.1, -0.05) is 37.3 Å². The second kappa shape index (κ2) is 6.33. The highest BCUT2D eigenvalue weighted by Gasteiger charge is 2.15. The van der Waals surface area contributed by atoms with Crippen molar-refractivity contribution < 1.29 is 13.5 Å². The van der Waals surface area contributed by atoms with Crippen LogP contribution >= 0.6 is 0 Å². The molecule has 0 heterocycles. The third kappa shape index (κ3) is 2.87. The maximum atomic E-state index is 14.1. The van der Waals surface area contributed by atoms with Crippen molar-refractivity contribution in [3.05, 3.63) is 65.9 Å². The van der Waals surface area contributed by atoms with E-state index < -0.39 is 11.6 Å². The summed E-state index contributed by atoms with van der Waals surface area (Å²) in [5.41, 5.74) is 2.04. The standard InChI is InChI=1S/C17H16F2O/c1-3-11-20-15-10-9-14(16(18)17(15)19)13-7-5-12(4-2)6-8-13/h3,5-11H,4H2,1-2H3. The summed E-state index contributed by atoms with van der Waals surface area (Å²) in [6.45, 7) is 3.78. The highest BCUT2D eigenvalue weighted by molar-refractivity contribution is 5.65. The van der Waals surface area contributed by atoms with Crippen molar-refractivity contribution in [1.82, 2.24) is 0 Å². The Morgan fingerprint density at radius 1 is 1.00 bits per heavy atom. The Morgan fingerprint density at radius 3 is 2.30 bits per heavy atom. The molecule has 2 rings (SSSR count). The van der Waals surface area contributed by atoms with Gasteiger partial charge in [0.05, 0.1) is 6.26 Å². The smallest absolute Gasteiger partial charge is 0.201 e. The Bertz CT molecular complexity index is 616. The number of hydrogen-bond donors (Lipinski definition) is 0. The average Bonchev–Trinajstić information content (AvgIpc) is 2.49. The lowest BCUT2D eigenvalue weighted by Crippen LogP contribution is -1.94. The quantitative estimate of drug-likeness (QED) is 0.704. The summed E-state index contributed by atoms with van der Waals surface area (Å²) in [5.74, 6) is -1.98.